The first-order valence-electron chi connectivity index (χ1n) is 8.56. The predicted molar refractivity (Wildman–Crippen MR) is 98.9 cm³/mol. The van der Waals surface area contributed by atoms with Crippen molar-refractivity contribution in [3.8, 4) is 11.1 Å². The molecule has 1 aliphatic rings. The second-order valence-corrected chi connectivity index (χ2v) is 6.08. The molecule has 1 fully saturated rings. The number of carbonyl (C=O) groups is 1. The van der Waals surface area contributed by atoms with E-state index in [1.165, 1.54) is 12.8 Å². The lowest BCUT2D eigenvalue weighted by atomic mass is 9.95. The Bertz CT molecular complexity index is 782. The number of carboxylic acids is 1. The Labute approximate surface area is 147 Å². The summed E-state index contributed by atoms with van der Waals surface area (Å²) in [5.74, 6) is -0.360. The summed E-state index contributed by atoms with van der Waals surface area (Å²) in [7, 11) is 0. The fourth-order valence-corrected chi connectivity index (χ4v) is 2.71. The number of benzene rings is 2. The van der Waals surface area contributed by atoms with E-state index in [0.29, 0.717) is 12.2 Å². The number of oxime groups is 1. The summed E-state index contributed by atoms with van der Waals surface area (Å²) in [6.45, 7) is 3.03. The highest BCUT2D eigenvalue weighted by molar-refractivity contribution is 6.43. The van der Waals surface area contributed by atoms with Crippen LogP contribution in [-0.2, 0) is 9.63 Å². The van der Waals surface area contributed by atoms with Crippen molar-refractivity contribution in [1.82, 2.24) is 0 Å². The molecule has 0 bridgehead atoms. The molecule has 25 heavy (non-hydrogen) atoms. The first-order valence-corrected chi connectivity index (χ1v) is 8.56. The van der Waals surface area contributed by atoms with Crippen molar-refractivity contribution in [2.75, 3.05) is 18.5 Å². The molecule has 1 saturated carbocycles. The van der Waals surface area contributed by atoms with Crippen LogP contribution >= 0.6 is 0 Å². The van der Waals surface area contributed by atoms with E-state index in [9.17, 15) is 9.90 Å². The van der Waals surface area contributed by atoms with Crippen LogP contribution in [0, 0.1) is 5.92 Å². The van der Waals surface area contributed by atoms with Gasteiger partial charge in [-0.1, -0.05) is 47.6 Å². The third-order valence-corrected chi connectivity index (χ3v) is 4.17. The minimum atomic E-state index is -1.11. The van der Waals surface area contributed by atoms with Crippen LogP contribution in [-0.4, -0.2) is 29.9 Å². The zero-order valence-corrected chi connectivity index (χ0v) is 14.2. The monoisotopic (exact) mass is 338 g/mol. The van der Waals surface area contributed by atoms with Gasteiger partial charge in [0.15, 0.2) is 5.71 Å². The van der Waals surface area contributed by atoms with Crippen LogP contribution in [0.4, 0.5) is 5.69 Å². The molecule has 0 atom stereocenters. The maximum absolute atomic E-state index is 11.7. The molecule has 2 aromatic rings. The molecule has 0 saturated heterocycles. The van der Waals surface area contributed by atoms with Crippen LogP contribution in [0.15, 0.2) is 53.7 Å². The van der Waals surface area contributed by atoms with Crippen LogP contribution in [0.3, 0.4) is 0 Å². The largest absolute Gasteiger partial charge is 0.476 e. The summed E-state index contributed by atoms with van der Waals surface area (Å²) in [4.78, 5) is 16.7. The molecule has 0 amide bonds. The maximum Gasteiger partial charge on any atom is 0.358 e. The number of nitrogens with zero attached hydrogens (tertiary/aromatic N) is 1. The first-order chi connectivity index (χ1) is 12.2. The zero-order valence-electron chi connectivity index (χ0n) is 14.2. The van der Waals surface area contributed by atoms with Crippen molar-refractivity contribution in [2.24, 2.45) is 11.1 Å². The molecule has 130 valence electrons. The number of carboxylic acid groups (broad SMARTS) is 1. The molecule has 5 nitrogen and oxygen atoms in total. The summed E-state index contributed by atoms with van der Waals surface area (Å²) in [6, 6.07) is 15.3. The number of anilines is 1. The highest BCUT2D eigenvalue weighted by Crippen LogP contribution is 2.33. The summed E-state index contributed by atoms with van der Waals surface area (Å²) < 4.78 is 0. The number of hydrogen-bond donors (Lipinski definition) is 2. The van der Waals surface area contributed by atoms with E-state index < -0.39 is 5.97 Å². The van der Waals surface area contributed by atoms with Crippen LogP contribution < -0.4 is 5.32 Å². The van der Waals surface area contributed by atoms with Gasteiger partial charge in [0, 0.05) is 23.4 Å². The normalized spacial score (nSPS) is 14.2. The second-order valence-electron chi connectivity index (χ2n) is 6.08. The van der Waals surface area contributed by atoms with Gasteiger partial charge in [0.1, 0.15) is 6.61 Å². The predicted octanol–water partition coefficient (Wildman–Crippen LogP) is 4.00. The molecule has 0 spiro atoms. The molecular weight excluding hydrogens is 316 g/mol. The Balaban J connectivity index is 2.02. The quantitative estimate of drug-likeness (QED) is 0.564. The van der Waals surface area contributed by atoms with Gasteiger partial charge in [0.2, 0.25) is 0 Å². The number of nitrogens with one attached hydrogen (secondary N) is 1. The van der Waals surface area contributed by atoms with E-state index in [4.69, 9.17) is 4.84 Å². The van der Waals surface area contributed by atoms with Crippen molar-refractivity contribution in [2.45, 2.75) is 19.8 Å². The number of hydrogen-bond acceptors (Lipinski definition) is 4. The lowest BCUT2D eigenvalue weighted by molar-refractivity contribution is -0.129. The molecular formula is C20H22N2O3. The Morgan fingerprint density at radius 2 is 1.84 bits per heavy atom. The van der Waals surface area contributed by atoms with Crippen molar-refractivity contribution in [3.05, 3.63) is 54.1 Å². The number of aliphatic carboxylic acids is 1. The van der Waals surface area contributed by atoms with Crippen LogP contribution in [0.2, 0.25) is 0 Å². The van der Waals surface area contributed by atoms with Crippen molar-refractivity contribution in [1.29, 1.82) is 0 Å². The van der Waals surface area contributed by atoms with Crippen molar-refractivity contribution in [3.63, 3.8) is 0 Å². The minimum Gasteiger partial charge on any atom is -0.476 e. The van der Waals surface area contributed by atoms with Gasteiger partial charge >= 0.3 is 5.97 Å². The third kappa shape index (κ3) is 4.18. The molecule has 0 heterocycles. The Morgan fingerprint density at radius 1 is 1.16 bits per heavy atom. The summed E-state index contributed by atoms with van der Waals surface area (Å²) >= 11 is 0. The van der Waals surface area contributed by atoms with Gasteiger partial charge in [0.05, 0.1) is 0 Å². The van der Waals surface area contributed by atoms with Crippen LogP contribution in [0.1, 0.15) is 25.3 Å². The van der Waals surface area contributed by atoms with Gasteiger partial charge in [-0.3, -0.25) is 0 Å². The smallest absolute Gasteiger partial charge is 0.358 e. The molecule has 1 aliphatic carbocycles. The Morgan fingerprint density at radius 3 is 2.52 bits per heavy atom. The van der Waals surface area contributed by atoms with Gasteiger partial charge in [-0.15, -0.1) is 0 Å². The summed E-state index contributed by atoms with van der Waals surface area (Å²) in [5, 5.41) is 16.9. The van der Waals surface area contributed by atoms with Crippen molar-refractivity contribution >= 4 is 17.4 Å². The van der Waals surface area contributed by atoms with E-state index >= 15 is 0 Å². The lowest BCUT2D eigenvalue weighted by Gasteiger charge is -2.15. The van der Waals surface area contributed by atoms with Crippen LogP contribution in [0.5, 0.6) is 0 Å². The molecule has 5 heteroatoms. The topological polar surface area (TPSA) is 70.9 Å². The second kappa shape index (κ2) is 7.83. The van der Waals surface area contributed by atoms with E-state index in [1.54, 1.807) is 13.0 Å². The third-order valence-electron chi connectivity index (χ3n) is 4.17. The lowest BCUT2D eigenvalue weighted by Crippen LogP contribution is -2.16. The van der Waals surface area contributed by atoms with E-state index in [2.05, 4.69) is 10.5 Å². The van der Waals surface area contributed by atoms with Gasteiger partial charge in [0.25, 0.3) is 0 Å². The van der Waals surface area contributed by atoms with Gasteiger partial charge in [-0.25, -0.2) is 4.79 Å². The van der Waals surface area contributed by atoms with Gasteiger partial charge in [-0.05, 0) is 37.3 Å². The van der Waals surface area contributed by atoms with Gasteiger partial charge in [-0.2, -0.15) is 0 Å². The molecule has 0 aliphatic heterocycles. The standard InChI is InChI=1S/C20H22N2O3/c1-2-25-22-19(20(23)24)17-9-4-3-7-15(17)16-8-5-6-10-18(16)21-13-14-11-12-14/h3-10,14,21H,2,11-13H2,1H3,(H,23,24). The molecule has 3 rings (SSSR count). The van der Waals surface area contributed by atoms with Crippen molar-refractivity contribution < 1.29 is 14.7 Å². The Kier molecular flexibility index (Phi) is 5.33. The average molecular weight is 338 g/mol. The summed E-state index contributed by atoms with van der Waals surface area (Å²) in [6.07, 6.45) is 2.55. The zero-order chi connectivity index (χ0) is 17.6. The minimum absolute atomic E-state index is 0.0885. The number of rotatable bonds is 8. The Hall–Kier alpha value is -2.82. The molecule has 0 aromatic heterocycles. The summed E-state index contributed by atoms with van der Waals surface area (Å²) in [5.41, 5.74) is 3.24. The fraction of sp³-hybridized carbons (Fsp3) is 0.300. The molecule has 2 aromatic carbocycles. The van der Waals surface area contributed by atoms with E-state index in [-0.39, 0.29) is 5.71 Å². The van der Waals surface area contributed by atoms with E-state index in [1.807, 2.05) is 42.5 Å². The van der Waals surface area contributed by atoms with Gasteiger partial charge < -0.3 is 15.3 Å². The van der Waals surface area contributed by atoms with E-state index in [0.717, 1.165) is 29.3 Å². The highest BCUT2D eigenvalue weighted by atomic mass is 16.6. The maximum atomic E-state index is 11.7. The van der Waals surface area contributed by atoms with Crippen LogP contribution in [0.25, 0.3) is 11.1 Å². The highest BCUT2D eigenvalue weighted by Gasteiger charge is 2.22. The molecule has 0 radical (unpaired) electrons. The SMILES string of the molecule is CCON=C(C(=O)O)c1ccccc1-c1ccccc1NCC1CC1. The molecule has 0 unspecified atom stereocenters. The first kappa shape index (κ1) is 17.0. The molecule has 2 N–H and O–H groups in total. The fourth-order valence-electron chi connectivity index (χ4n) is 2.71. The number of para-hydroxylation sites is 1. The average Bonchev–Trinajstić information content (AvgIpc) is 3.45.